The zero-order chi connectivity index (χ0) is 15.1. The highest BCUT2D eigenvalue weighted by Gasteiger charge is 2.19. The Kier molecular flexibility index (Phi) is 6.19. The third kappa shape index (κ3) is 5.47. The minimum atomic E-state index is -0.230. The Hall–Kier alpha value is -1.41. The maximum Gasteiger partial charge on any atom is 0.0991 e. The van der Waals surface area contributed by atoms with Gasteiger partial charge in [-0.3, -0.25) is 0 Å². The first-order valence-electron chi connectivity index (χ1n) is 7.77. The van der Waals surface area contributed by atoms with E-state index in [0.29, 0.717) is 0 Å². The number of nitriles is 1. The third-order valence-corrected chi connectivity index (χ3v) is 4.05. The van der Waals surface area contributed by atoms with Crippen molar-refractivity contribution in [2.75, 3.05) is 26.2 Å². The van der Waals surface area contributed by atoms with E-state index in [1.165, 1.54) is 18.4 Å². The van der Waals surface area contributed by atoms with Crippen LogP contribution in [-0.2, 0) is 6.54 Å². The van der Waals surface area contributed by atoms with Crippen LogP contribution in [-0.4, -0.2) is 42.3 Å². The topological polar surface area (TPSA) is 59.3 Å². The highest BCUT2D eigenvalue weighted by atomic mass is 16.3. The quantitative estimate of drug-likeness (QED) is 0.837. The number of benzene rings is 1. The molecule has 4 heteroatoms. The van der Waals surface area contributed by atoms with Crippen molar-refractivity contribution in [3.8, 4) is 6.07 Å². The molecule has 0 aliphatic carbocycles. The molecule has 0 aromatic heterocycles. The van der Waals surface area contributed by atoms with Crippen LogP contribution in [0.5, 0.6) is 0 Å². The largest absolute Gasteiger partial charge is 0.392 e. The summed E-state index contributed by atoms with van der Waals surface area (Å²) in [5.41, 5.74) is 1.89. The Morgan fingerprint density at radius 2 is 2.19 bits per heavy atom. The van der Waals surface area contributed by atoms with E-state index in [1.54, 1.807) is 0 Å². The predicted octanol–water partition coefficient (Wildman–Crippen LogP) is 1.74. The van der Waals surface area contributed by atoms with Crippen molar-refractivity contribution in [2.45, 2.75) is 32.4 Å². The number of aliphatic hydroxyl groups is 1. The molecule has 1 aliphatic heterocycles. The van der Waals surface area contributed by atoms with Crippen molar-refractivity contribution >= 4 is 0 Å². The number of rotatable bonds is 6. The fourth-order valence-corrected chi connectivity index (χ4v) is 2.92. The molecule has 4 nitrogen and oxygen atoms in total. The van der Waals surface area contributed by atoms with Gasteiger partial charge in [-0.2, -0.15) is 5.26 Å². The Labute approximate surface area is 127 Å². The Morgan fingerprint density at radius 1 is 1.43 bits per heavy atom. The molecular weight excluding hydrogens is 262 g/mol. The van der Waals surface area contributed by atoms with Crippen LogP contribution in [0.2, 0.25) is 0 Å². The smallest absolute Gasteiger partial charge is 0.0991 e. The van der Waals surface area contributed by atoms with Crippen LogP contribution in [0.3, 0.4) is 0 Å². The summed E-state index contributed by atoms with van der Waals surface area (Å²) in [4.78, 5) is 2.34. The van der Waals surface area contributed by atoms with Crippen LogP contribution in [0, 0.1) is 17.2 Å². The fourth-order valence-electron chi connectivity index (χ4n) is 2.92. The summed E-state index contributed by atoms with van der Waals surface area (Å²) in [7, 11) is 0. The standard InChI is InChI=1S/C17H25N3O/c1-14(21)13-20-7-5-15(6-8-20)11-19-12-17-4-2-3-16(9-17)10-18/h2-4,9,14-15,19,21H,5-8,11-13H2,1H3/t14-/m1/s1. The number of likely N-dealkylation sites (tertiary alicyclic amines) is 1. The molecule has 1 saturated heterocycles. The van der Waals surface area contributed by atoms with Gasteiger partial charge < -0.3 is 15.3 Å². The summed E-state index contributed by atoms with van der Waals surface area (Å²) in [6.45, 7) is 6.66. The van der Waals surface area contributed by atoms with E-state index < -0.39 is 0 Å². The fraction of sp³-hybridized carbons (Fsp3) is 0.588. The molecule has 1 aromatic rings. The number of piperidine rings is 1. The Bertz CT molecular complexity index is 473. The van der Waals surface area contributed by atoms with Crippen molar-refractivity contribution in [3.63, 3.8) is 0 Å². The number of hydrogen-bond donors (Lipinski definition) is 2. The van der Waals surface area contributed by atoms with Gasteiger partial charge in [-0.15, -0.1) is 0 Å². The molecule has 2 N–H and O–H groups in total. The van der Waals surface area contributed by atoms with Crippen LogP contribution in [0.4, 0.5) is 0 Å². The predicted molar refractivity (Wildman–Crippen MR) is 83.7 cm³/mol. The van der Waals surface area contributed by atoms with Gasteiger partial charge in [-0.1, -0.05) is 12.1 Å². The van der Waals surface area contributed by atoms with Crippen LogP contribution in [0.1, 0.15) is 30.9 Å². The van der Waals surface area contributed by atoms with Crippen molar-refractivity contribution in [2.24, 2.45) is 5.92 Å². The molecule has 1 aliphatic rings. The maximum atomic E-state index is 9.40. The van der Waals surface area contributed by atoms with E-state index in [2.05, 4.69) is 22.4 Å². The molecule has 0 spiro atoms. The van der Waals surface area contributed by atoms with E-state index in [0.717, 1.165) is 44.2 Å². The lowest BCUT2D eigenvalue weighted by Gasteiger charge is -2.32. The average molecular weight is 287 g/mol. The van der Waals surface area contributed by atoms with E-state index in [9.17, 15) is 5.11 Å². The molecule has 0 bridgehead atoms. The van der Waals surface area contributed by atoms with E-state index in [4.69, 9.17) is 5.26 Å². The summed E-state index contributed by atoms with van der Waals surface area (Å²) >= 11 is 0. The molecule has 1 fully saturated rings. The first-order chi connectivity index (χ1) is 10.2. The average Bonchev–Trinajstić information content (AvgIpc) is 2.49. The van der Waals surface area contributed by atoms with Crippen LogP contribution < -0.4 is 5.32 Å². The van der Waals surface area contributed by atoms with E-state index >= 15 is 0 Å². The summed E-state index contributed by atoms with van der Waals surface area (Å²) in [5, 5.41) is 21.8. The number of nitrogens with zero attached hydrogens (tertiary/aromatic N) is 2. The SMILES string of the molecule is C[C@@H](O)CN1CCC(CNCc2cccc(C#N)c2)CC1. The third-order valence-electron chi connectivity index (χ3n) is 4.05. The zero-order valence-electron chi connectivity index (χ0n) is 12.8. The van der Waals surface area contributed by atoms with E-state index in [1.807, 2.05) is 25.1 Å². The Balaban J connectivity index is 1.67. The van der Waals surface area contributed by atoms with Gasteiger partial charge in [-0.25, -0.2) is 0 Å². The molecule has 1 heterocycles. The molecule has 2 rings (SSSR count). The normalized spacial score (nSPS) is 18.3. The minimum absolute atomic E-state index is 0.230. The van der Waals surface area contributed by atoms with Gasteiger partial charge in [0, 0.05) is 13.1 Å². The second kappa shape index (κ2) is 8.14. The first kappa shape index (κ1) is 16.0. The maximum absolute atomic E-state index is 9.40. The summed E-state index contributed by atoms with van der Waals surface area (Å²) in [5.74, 6) is 0.717. The van der Waals surface area contributed by atoms with Gasteiger partial charge in [0.15, 0.2) is 0 Å². The number of hydrogen-bond acceptors (Lipinski definition) is 4. The lowest BCUT2D eigenvalue weighted by atomic mass is 9.96. The van der Waals surface area contributed by atoms with E-state index in [-0.39, 0.29) is 6.10 Å². The zero-order valence-corrected chi connectivity index (χ0v) is 12.8. The van der Waals surface area contributed by atoms with Gasteiger partial charge in [0.05, 0.1) is 17.7 Å². The van der Waals surface area contributed by atoms with Gasteiger partial charge in [0.25, 0.3) is 0 Å². The molecule has 114 valence electrons. The lowest BCUT2D eigenvalue weighted by Crippen LogP contribution is -2.40. The van der Waals surface area contributed by atoms with Gasteiger partial charge in [0.1, 0.15) is 0 Å². The van der Waals surface area contributed by atoms with Crippen molar-refractivity contribution in [3.05, 3.63) is 35.4 Å². The molecule has 1 atom stereocenters. The van der Waals surface area contributed by atoms with Crippen LogP contribution in [0.25, 0.3) is 0 Å². The highest BCUT2D eigenvalue weighted by molar-refractivity contribution is 5.32. The van der Waals surface area contributed by atoms with Crippen molar-refractivity contribution in [1.82, 2.24) is 10.2 Å². The monoisotopic (exact) mass is 287 g/mol. The summed E-state index contributed by atoms with van der Waals surface area (Å²) in [6.07, 6.45) is 2.16. The minimum Gasteiger partial charge on any atom is -0.392 e. The van der Waals surface area contributed by atoms with Crippen LogP contribution >= 0.6 is 0 Å². The van der Waals surface area contributed by atoms with Gasteiger partial charge >= 0.3 is 0 Å². The summed E-state index contributed by atoms with van der Waals surface area (Å²) < 4.78 is 0. The van der Waals surface area contributed by atoms with Crippen molar-refractivity contribution in [1.29, 1.82) is 5.26 Å². The number of nitrogens with one attached hydrogen (secondary N) is 1. The van der Waals surface area contributed by atoms with Gasteiger partial charge in [0.2, 0.25) is 0 Å². The molecule has 0 saturated carbocycles. The number of β-amino-alcohol motifs (C(OH)–C–C–N with tert-alkyl or cyclic N) is 1. The molecular formula is C17H25N3O. The molecule has 1 aromatic carbocycles. The van der Waals surface area contributed by atoms with Crippen molar-refractivity contribution < 1.29 is 5.11 Å². The lowest BCUT2D eigenvalue weighted by molar-refractivity contribution is 0.0998. The highest BCUT2D eigenvalue weighted by Crippen LogP contribution is 2.16. The van der Waals surface area contributed by atoms with Gasteiger partial charge in [-0.05, 0) is 63.0 Å². The number of aliphatic hydroxyl groups excluding tert-OH is 1. The Morgan fingerprint density at radius 3 is 2.86 bits per heavy atom. The molecule has 0 radical (unpaired) electrons. The second-order valence-corrected chi connectivity index (χ2v) is 6.04. The molecule has 0 amide bonds. The van der Waals surface area contributed by atoms with Crippen LogP contribution in [0.15, 0.2) is 24.3 Å². The molecule has 0 unspecified atom stereocenters. The first-order valence-corrected chi connectivity index (χ1v) is 7.77. The molecule has 21 heavy (non-hydrogen) atoms. The second-order valence-electron chi connectivity index (χ2n) is 6.04. The summed E-state index contributed by atoms with van der Waals surface area (Å²) in [6, 6.07) is 9.94.